The minimum Gasteiger partial charge on any atom is -0.454 e. The van der Waals surface area contributed by atoms with E-state index >= 15 is 0 Å². The number of ether oxygens (including phenoxy) is 1. The van der Waals surface area contributed by atoms with Crippen molar-refractivity contribution >= 4 is 36.0 Å². The molecule has 3 rings (SSSR count). The number of rotatable bonds is 4. The average molecular weight is 537 g/mol. The second-order valence-corrected chi connectivity index (χ2v) is 10.0. The quantitative estimate of drug-likeness (QED) is 0.452. The van der Waals surface area contributed by atoms with Gasteiger partial charge in [-0.15, -0.1) is 5.10 Å². The van der Waals surface area contributed by atoms with E-state index in [1.807, 2.05) is 36.4 Å². The Morgan fingerprint density at radius 3 is 2.49 bits per heavy atom. The molecule has 0 radical (unpaired) electrons. The van der Waals surface area contributed by atoms with Crippen LogP contribution < -0.4 is 10.6 Å². The van der Waals surface area contributed by atoms with E-state index in [1.54, 1.807) is 40.1 Å². The van der Waals surface area contributed by atoms with Gasteiger partial charge in [0.05, 0.1) is 6.20 Å². The van der Waals surface area contributed by atoms with Crippen molar-refractivity contribution in [1.82, 2.24) is 30.5 Å². The van der Waals surface area contributed by atoms with Crippen molar-refractivity contribution in [2.45, 2.75) is 52.3 Å². The van der Waals surface area contributed by atoms with Crippen molar-refractivity contribution in [2.75, 3.05) is 13.6 Å². The van der Waals surface area contributed by atoms with E-state index < -0.39 is 54.3 Å². The Hall–Kier alpha value is -4.28. The number of nitrogens with one attached hydrogen (secondary N) is 2. The van der Waals surface area contributed by atoms with Gasteiger partial charge in [0.1, 0.15) is 24.3 Å². The largest absolute Gasteiger partial charge is 0.454 e. The summed E-state index contributed by atoms with van der Waals surface area (Å²) in [5.41, 5.74) is 1.80. The Morgan fingerprint density at radius 2 is 1.82 bits per heavy atom. The lowest BCUT2D eigenvalue weighted by atomic mass is 9.92. The smallest absolute Gasteiger partial charge is 0.326 e. The first-order valence-electron chi connectivity index (χ1n) is 12.8. The van der Waals surface area contributed by atoms with E-state index in [1.165, 1.54) is 16.6 Å². The highest BCUT2D eigenvalue weighted by molar-refractivity contribution is 5.93. The first kappa shape index (κ1) is 29.3. The highest BCUT2D eigenvalue weighted by Gasteiger charge is 2.34. The molecule has 2 heterocycles. The zero-order chi connectivity index (χ0) is 28.7. The second-order valence-electron chi connectivity index (χ2n) is 10.0. The Bertz CT molecular complexity index is 1240. The van der Waals surface area contributed by atoms with Crippen LogP contribution in [-0.2, 0) is 23.9 Å². The highest BCUT2D eigenvalue weighted by Crippen LogP contribution is 2.31. The van der Waals surface area contributed by atoms with E-state index in [-0.39, 0.29) is 12.3 Å². The molecule has 208 valence electrons. The molecule has 3 amide bonds. The van der Waals surface area contributed by atoms with Crippen molar-refractivity contribution in [3.8, 4) is 0 Å². The number of carbonyl (C=O) groups excluding carboxylic acids is 4. The van der Waals surface area contributed by atoms with Gasteiger partial charge in [0.25, 0.3) is 0 Å². The third kappa shape index (κ3) is 7.62. The van der Waals surface area contributed by atoms with Gasteiger partial charge in [-0.1, -0.05) is 68.5 Å². The maximum atomic E-state index is 13.0. The van der Waals surface area contributed by atoms with Crippen LogP contribution in [0.15, 0.2) is 48.7 Å². The molecule has 0 unspecified atom stereocenters. The predicted octanol–water partition coefficient (Wildman–Crippen LogP) is 2.19. The van der Waals surface area contributed by atoms with Gasteiger partial charge in [-0.3, -0.25) is 19.2 Å². The monoisotopic (exact) mass is 536 g/mol. The number of esters is 1. The molecule has 0 bridgehead atoms. The summed E-state index contributed by atoms with van der Waals surface area (Å²) in [6, 6.07) is 7.93. The molecule has 1 saturated heterocycles. The zero-order valence-electron chi connectivity index (χ0n) is 23.0. The number of hydrogen-bond donors (Lipinski definition) is 2. The number of amides is 3. The van der Waals surface area contributed by atoms with Crippen molar-refractivity contribution in [1.29, 1.82) is 0 Å². The lowest BCUT2D eigenvalue weighted by Gasteiger charge is -2.32. The number of aromatic nitrogens is 3. The lowest BCUT2D eigenvalue weighted by molar-refractivity contribution is -0.152. The Kier molecular flexibility index (Phi) is 9.75. The molecule has 1 aliphatic heterocycles. The first-order chi connectivity index (χ1) is 18.5. The lowest BCUT2D eigenvalue weighted by Crippen LogP contribution is -2.55. The fourth-order valence-electron chi connectivity index (χ4n) is 4.39. The summed E-state index contributed by atoms with van der Waals surface area (Å²) in [5, 5.41) is 13.6. The van der Waals surface area contributed by atoms with Gasteiger partial charge in [0.2, 0.25) is 17.7 Å². The van der Waals surface area contributed by atoms with Crippen molar-refractivity contribution < 1.29 is 23.9 Å². The first-order valence-corrected chi connectivity index (χ1v) is 12.8. The van der Waals surface area contributed by atoms with Crippen LogP contribution in [0.1, 0.15) is 51.5 Å². The molecule has 0 aliphatic carbocycles. The molecule has 1 aliphatic rings. The van der Waals surface area contributed by atoms with E-state index in [4.69, 9.17) is 4.74 Å². The molecule has 1 aromatic heterocycles. The van der Waals surface area contributed by atoms with Crippen LogP contribution in [0.25, 0.3) is 12.3 Å². The van der Waals surface area contributed by atoms with Gasteiger partial charge in [-0.05, 0) is 24.5 Å². The molecular weight excluding hydrogens is 500 g/mol. The van der Waals surface area contributed by atoms with Crippen molar-refractivity contribution in [2.24, 2.45) is 11.8 Å². The topological polar surface area (TPSA) is 136 Å². The van der Waals surface area contributed by atoms with Crippen LogP contribution in [-0.4, -0.2) is 69.3 Å². The van der Waals surface area contributed by atoms with Gasteiger partial charge >= 0.3 is 5.97 Å². The maximum Gasteiger partial charge on any atom is 0.326 e. The summed E-state index contributed by atoms with van der Waals surface area (Å²) >= 11 is 0. The fraction of sp³-hybridized carbons (Fsp3) is 0.429. The highest BCUT2D eigenvalue weighted by atomic mass is 16.5. The van der Waals surface area contributed by atoms with Crippen molar-refractivity contribution in [3.05, 3.63) is 59.9 Å². The number of carbonyl (C=O) groups is 4. The second kappa shape index (κ2) is 13.0. The fourth-order valence-corrected chi connectivity index (χ4v) is 4.39. The Morgan fingerprint density at radius 1 is 1.13 bits per heavy atom. The Labute approximate surface area is 228 Å². The maximum absolute atomic E-state index is 13.0. The molecule has 0 saturated carbocycles. The van der Waals surface area contributed by atoms with E-state index in [0.717, 1.165) is 5.56 Å². The standard InChI is InChI=1S/C28H36N6O5/c1-17(2)25-27(37)29-15-24(36)39-26(19(4)18(3)14-23(35)30-20(5)28(38)33(25)6)22-16-34(32-31-22)13-12-21-10-8-7-9-11-21/h7-13,16-17,19-20,25-26H,3,14-15H2,1-2,4-6H3,(H,29,37)(H,30,35)/b13-12+/t19-,20+,25+,26-/m1/s1. The number of hydrogen-bond acceptors (Lipinski definition) is 7. The zero-order valence-corrected chi connectivity index (χ0v) is 23.0. The van der Waals surface area contributed by atoms with Gasteiger partial charge in [-0.25, -0.2) is 4.68 Å². The van der Waals surface area contributed by atoms with Gasteiger partial charge in [0, 0.05) is 25.6 Å². The molecule has 4 atom stereocenters. The Balaban J connectivity index is 1.88. The molecule has 2 aromatic rings. The summed E-state index contributed by atoms with van der Waals surface area (Å²) in [5.74, 6) is -2.82. The molecule has 11 nitrogen and oxygen atoms in total. The summed E-state index contributed by atoms with van der Waals surface area (Å²) < 4.78 is 7.25. The summed E-state index contributed by atoms with van der Waals surface area (Å²) in [4.78, 5) is 52.9. The summed E-state index contributed by atoms with van der Waals surface area (Å²) in [7, 11) is 1.50. The van der Waals surface area contributed by atoms with Crippen LogP contribution >= 0.6 is 0 Å². The third-order valence-corrected chi connectivity index (χ3v) is 6.60. The molecule has 0 spiro atoms. The van der Waals surface area contributed by atoms with Crippen LogP contribution in [0.2, 0.25) is 0 Å². The number of likely N-dealkylation sites (N-methyl/N-ethyl adjacent to an activating group) is 1. The number of nitrogens with zero attached hydrogens (tertiary/aromatic N) is 4. The van der Waals surface area contributed by atoms with Crippen LogP contribution in [0, 0.1) is 11.8 Å². The summed E-state index contributed by atoms with van der Waals surface area (Å²) in [6.07, 6.45) is 4.19. The van der Waals surface area contributed by atoms with Crippen LogP contribution in [0.4, 0.5) is 0 Å². The van der Waals surface area contributed by atoms with Gasteiger partial charge in [0.15, 0.2) is 6.10 Å². The molecule has 2 N–H and O–H groups in total. The summed E-state index contributed by atoms with van der Waals surface area (Å²) in [6.45, 7) is 10.5. The van der Waals surface area contributed by atoms with Crippen molar-refractivity contribution in [3.63, 3.8) is 0 Å². The van der Waals surface area contributed by atoms with Crippen LogP contribution in [0.3, 0.4) is 0 Å². The van der Waals surface area contributed by atoms with Gasteiger partial charge < -0.3 is 20.3 Å². The molecule has 39 heavy (non-hydrogen) atoms. The normalized spacial score (nSPS) is 24.3. The molecule has 1 fully saturated rings. The number of benzene rings is 1. The van der Waals surface area contributed by atoms with E-state index in [2.05, 4.69) is 27.5 Å². The van der Waals surface area contributed by atoms with Gasteiger partial charge in [-0.2, -0.15) is 0 Å². The molecular formula is C28H36N6O5. The SMILES string of the molecule is C=C1CC(=O)N[C@@H](C)C(=O)N(C)[C@@H](C(C)C)C(=O)NCC(=O)O[C@@H](c2cn(/C=C/c3ccccc3)nn2)[C@@H]1C. The molecule has 11 heteroatoms. The van der Waals surface area contributed by atoms with E-state index in [0.29, 0.717) is 11.3 Å². The minimum atomic E-state index is -0.915. The average Bonchev–Trinajstić information content (AvgIpc) is 3.37. The van der Waals surface area contributed by atoms with Crippen LogP contribution in [0.5, 0.6) is 0 Å². The van der Waals surface area contributed by atoms with E-state index in [9.17, 15) is 19.2 Å². The number of cyclic esters (lactones) is 1. The molecule has 1 aromatic carbocycles. The third-order valence-electron chi connectivity index (χ3n) is 6.60. The predicted molar refractivity (Wildman–Crippen MR) is 145 cm³/mol. The minimum absolute atomic E-state index is 0.0939.